The summed E-state index contributed by atoms with van der Waals surface area (Å²) in [6.45, 7) is 5.36. The van der Waals surface area contributed by atoms with Crippen molar-refractivity contribution in [1.29, 1.82) is 0 Å². The molecule has 2 rings (SSSR count). The van der Waals surface area contributed by atoms with Crippen molar-refractivity contribution in [3.8, 4) is 0 Å². The lowest BCUT2D eigenvalue weighted by atomic mass is 10.2. The van der Waals surface area contributed by atoms with Crippen molar-refractivity contribution in [2.24, 2.45) is 0 Å². The highest BCUT2D eigenvalue weighted by atomic mass is 79.9. The van der Waals surface area contributed by atoms with Crippen molar-refractivity contribution >= 4 is 38.9 Å². The Labute approximate surface area is 131 Å². The number of nitrogens with zero attached hydrogens (tertiary/aromatic N) is 1. The number of ether oxygens (including phenoxy) is 2. The first-order chi connectivity index (χ1) is 9.73. The molecule has 6 heteroatoms. The molecule has 2 aromatic rings. The average molecular weight is 354 g/mol. The van der Waals surface area contributed by atoms with Crippen molar-refractivity contribution in [2.45, 2.75) is 26.4 Å². The highest BCUT2D eigenvalue weighted by molar-refractivity contribution is 9.10. The summed E-state index contributed by atoms with van der Waals surface area (Å²) in [6.07, 6.45) is 0.904. The molecule has 0 amide bonds. The number of benzene rings is 1. The van der Waals surface area contributed by atoms with E-state index in [1.807, 2.05) is 0 Å². The molecule has 1 heterocycles. The fourth-order valence-electron chi connectivity index (χ4n) is 1.94. The van der Waals surface area contributed by atoms with Gasteiger partial charge in [0.25, 0.3) is 0 Å². The van der Waals surface area contributed by atoms with E-state index in [4.69, 9.17) is 9.47 Å². The molecule has 0 saturated carbocycles. The molecule has 21 heavy (non-hydrogen) atoms. The Morgan fingerprint density at radius 2 is 1.90 bits per heavy atom. The number of halogens is 1. The van der Waals surface area contributed by atoms with Gasteiger partial charge in [-0.15, -0.1) is 0 Å². The number of hydrogen-bond acceptors (Lipinski definition) is 4. The predicted octanol–water partition coefficient (Wildman–Crippen LogP) is 3.97. The Hall–Kier alpha value is -1.82. The SMILES string of the molecule is COC(=O)c1cn(C(=O)OC(C)(C)C)c2ccc(Br)cc12. The van der Waals surface area contributed by atoms with Crippen LogP contribution < -0.4 is 0 Å². The highest BCUT2D eigenvalue weighted by Crippen LogP contribution is 2.26. The quantitative estimate of drug-likeness (QED) is 0.727. The van der Waals surface area contributed by atoms with E-state index in [9.17, 15) is 9.59 Å². The van der Waals surface area contributed by atoms with Gasteiger partial charge in [-0.1, -0.05) is 15.9 Å². The van der Waals surface area contributed by atoms with Crippen molar-refractivity contribution < 1.29 is 19.1 Å². The lowest BCUT2D eigenvalue weighted by molar-refractivity contribution is 0.0544. The summed E-state index contributed by atoms with van der Waals surface area (Å²) >= 11 is 3.36. The second kappa shape index (κ2) is 5.52. The number of carbonyl (C=O) groups is 2. The zero-order valence-corrected chi connectivity index (χ0v) is 13.9. The van der Waals surface area contributed by atoms with Gasteiger partial charge in [0.05, 0.1) is 18.2 Å². The Balaban J connectivity index is 2.60. The lowest BCUT2D eigenvalue weighted by Crippen LogP contribution is -2.26. The summed E-state index contributed by atoms with van der Waals surface area (Å²) in [5, 5.41) is 0.627. The molecule has 0 spiro atoms. The minimum absolute atomic E-state index is 0.319. The first-order valence-electron chi connectivity index (χ1n) is 6.35. The molecule has 0 saturated heterocycles. The van der Waals surface area contributed by atoms with Gasteiger partial charge in [-0.3, -0.25) is 4.57 Å². The number of methoxy groups -OCH3 is 1. The van der Waals surface area contributed by atoms with Crippen LogP contribution in [0.2, 0.25) is 0 Å². The van der Waals surface area contributed by atoms with E-state index >= 15 is 0 Å². The van der Waals surface area contributed by atoms with E-state index < -0.39 is 17.7 Å². The Morgan fingerprint density at radius 1 is 1.24 bits per heavy atom. The molecular formula is C15H16BrNO4. The largest absolute Gasteiger partial charge is 0.465 e. The van der Waals surface area contributed by atoms with Crippen LogP contribution in [0.25, 0.3) is 10.9 Å². The Morgan fingerprint density at radius 3 is 2.48 bits per heavy atom. The third-order valence-corrected chi connectivity index (χ3v) is 3.26. The van der Waals surface area contributed by atoms with Crippen molar-refractivity contribution in [1.82, 2.24) is 4.57 Å². The van der Waals surface area contributed by atoms with Crippen LogP contribution in [0.3, 0.4) is 0 Å². The molecule has 0 N–H and O–H groups in total. The van der Waals surface area contributed by atoms with Crippen LogP contribution in [0.15, 0.2) is 28.9 Å². The molecule has 0 radical (unpaired) electrons. The predicted molar refractivity (Wildman–Crippen MR) is 82.6 cm³/mol. The number of rotatable bonds is 1. The van der Waals surface area contributed by atoms with E-state index in [0.29, 0.717) is 16.5 Å². The first-order valence-corrected chi connectivity index (χ1v) is 7.14. The summed E-state index contributed by atoms with van der Waals surface area (Å²) in [6, 6.07) is 5.31. The van der Waals surface area contributed by atoms with Gasteiger partial charge in [0, 0.05) is 16.1 Å². The zero-order valence-electron chi connectivity index (χ0n) is 12.3. The van der Waals surface area contributed by atoms with Crippen LogP contribution in [-0.4, -0.2) is 29.3 Å². The fraction of sp³-hybridized carbons (Fsp3) is 0.333. The summed E-state index contributed by atoms with van der Waals surface area (Å²) in [7, 11) is 1.30. The van der Waals surface area contributed by atoms with Gasteiger partial charge in [0.15, 0.2) is 0 Å². The zero-order chi connectivity index (χ0) is 15.8. The molecular weight excluding hydrogens is 338 g/mol. The summed E-state index contributed by atoms with van der Waals surface area (Å²) in [4.78, 5) is 24.1. The molecule has 5 nitrogen and oxygen atoms in total. The maximum absolute atomic E-state index is 12.3. The molecule has 0 aliphatic carbocycles. The minimum atomic E-state index is -0.617. The lowest BCUT2D eigenvalue weighted by Gasteiger charge is -2.19. The second-order valence-corrected chi connectivity index (χ2v) is 6.46. The molecule has 112 valence electrons. The number of aromatic nitrogens is 1. The van der Waals surface area contributed by atoms with Gasteiger partial charge in [-0.05, 0) is 39.0 Å². The van der Waals surface area contributed by atoms with E-state index in [-0.39, 0.29) is 0 Å². The maximum Gasteiger partial charge on any atom is 0.419 e. The van der Waals surface area contributed by atoms with Gasteiger partial charge in [-0.25, -0.2) is 9.59 Å². The maximum atomic E-state index is 12.3. The highest BCUT2D eigenvalue weighted by Gasteiger charge is 2.23. The molecule has 0 aliphatic heterocycles. The van der Waals surface area contributed by atoms with Crippen LogP contribution in [-0.2, 0) is 9.47 Å². The Kier molecular flexibility index (Phi) is 4.09. The van der Waals surface area contributed by atoms with Crippen LogP contribution in [0.1, 0.15) is 31.1 Å². The standard InChI is InChI=1S/C15H16BrNO4/c1-15(2,3)21-14(19)17-8-11(13(18)20-4)10-7-9(16)5-6-12(10)17/h5-8H,1-4H3. The third-order valence-electron chi connectivity index (χ3n) is 2.76. The molecule has 0 fully saturated rings. The van der Waals surface area contributed by atoms with Crippen LogP contribution in [0, 0.1) is 0 Å². The van der Waals surface area contributed by atoms with Crippen molar-refractivity contribution in [3.63, 3.8) is 0 Å². The molecule has 0 unspecified atom stereocenters. The van der Waals surface area contributed by atoms with E-state index in [0.717, 1.165) is 4.47 Å². The molecule has 0 atom stereocenters. The monoisotopic (exact) mass is 353 g/mol. The van der Waals surface area contributed by atoms with E-state index in [2.05, 4.69) is 15.9 Å². The van der Waals surface area contributed by atoms with Crippen LogP contribution >= 0.6 is 15.9 Å². The van der Waals surface area contributed by atoms with Gasteiger partial charge < -0.3 is 9.47 Å². The topological polar surface area (TPSA) is 57.5 Å². The average Bonchev–Trinajstić information content (AvgIpc) is 2.74. The minimum Gasteiger partial charge on any atom is -0.465 e. The van der Waals surface area contributed by atoms with Crippen molar-refractivity contribution in [2.75, 3.05) is 7.11 Å². The van der Waals surface area contributed by atoms with Gasteiger partial charge in [0.2, 0.25) is 0 Å². The van der Waals surface area contributed by atoms with Gasteiger partial charge >= 0.3 is 12.1 Å². The van der Waals surface area contributed by atoms with Gasteiger partial charge in [-0.2, -0.15) is 0 Å². The summed E-state index contributed by atoms with van der Waals surface area (Å²) in [5.74, 6) is -0.500. The number of fused-ring (bicyclic) bond motifs is 1. The smallest absolute Gasteiger partial charge is 0.419 e. The second-order valence-electron chi connectivity index (χ2n) is 5.55. The number of esters is 1. The molecule has 0 bridgehead atoms. The number of hydrogen-bond donors (Lipinski definition) is 0. The van der Waals surface area contributed by atoms with E-state index in [1.165, 1.54) is 17.9 Å². The Bertz CT molecular complexity index is 712. The normalized spacial score (nSPS) is 11.5. The van der Waals surface area contributed by atoms with Crippen LogP contribution in [0.4, 0.5) is 4.79 Å². The molecule has 0 aliphatic rings. The third kappa shape index (κ3) is 3.26. The molecule has 1 aromatic carbocycles. The van der Waals surface area contributed by atoms with Crippen LogP contribution in [0.5, 0.6) is 0 Å². The summed E-state index contributed by atoms with van der Waals surface area (Å²) < 4.78 is 12.2. The summed E-state index contributed by atoms with van der Waals surface area (Å²) in [5.41, 5.74) is 0.293. The first kappa shape index (κ1) is 15.6. The van der Waals surface area contributed by atoms with Gasteiger partial charge in [0.1, 0.15) is 5.60 Å². The fourth-order valence-corrected chi connectivity index (χ4v) is 2.30. The number of carbonyl (C=O) groups excluding carboxylic acids is 2. The molecule has 1 aromatic heterocycles. The van der Waals surface area contributed by atoms with E-state index in [1.54, 1.807) is 39.0 Å². The van der Waals surface area contributed by atoms with Crippen molar-refractivity contribution in [3.05, 3.63) is 34.4 Å².